The molecule has 0 spiro atoms. The van der Waals surface area contributed by atoms with E-state index in [1.807, 2.05) is 37.3 Å². The van der Waals surface area contributed by atoms with Crippen molar-refractivity contribution >= 4 is 11.8 Å². The zero-order valence-corrected chi connectivity index (χ0v) is 9.62. The summed E-state index contributed by atoms with van der Waals surface area (Å²) in [5, 5.41) is 8.48. The van der Waals surface area contributed by atoms with E-state index in [2.05, 4.69) is 22.0 Å². The molecule has 0 aliphatic rings. The summed E-state index contributed by atoms with van der Waals surface area (Å²) in [7, 11) is 0. The largest absolute Gasteiger partial charge is 0.411 e. The first-order valence-electron chi connectivity index (χ1n) is 4.81. The van der Waals surface area contributed by atoms with Crippen LogP contribution in [0.1, 0.15) is 6.92 Å². The molecule has 1 aromatic carbocycles. The highest BCUT2D eigenvalue weighted by atomic mass is 32.2. The Morgan fingerprint density at radius 1 is 1.25 bits per heavy atom. The van der Waals surface area contributed by atoms with Gasteiger partial charge in [0.2, 0.25) is 5.89 Å². The molecule has 0 unspecified atom stereocenters. The Labute approximate surface area is 98.3 Å². The third-order valence-electron chi connectivity index (χ3n) is 1.87. The standard InChI is InChI=1S/C12H10N2OS/c1-2-3-9-16-12-14-13-11(15-12)10-7-5-4-6-8-10/h4-8H,9H2,1H3. The Balaban J connectivity index is 2.10. The Kier molecular flexibility index (Phi) is 3.62. The molecule has 3 nitrogen and oxygen atoms in total. The molecule has 0 aliphatic carbocycles. The highest BCUT2D eigenvalue weighted by molar-refractivity contribution is 7.99. The Hall–Kier alpha value is -1.73. The van der Waals surface area contributed by atoms with E-state index in [-0.39, 0.29) is 0 Å². The van der Waals surface area contributed by atoms with Crippen molar-refractivity contribution in [2.24, 2.45) is 0 Å². The van der Waals surface area contributed by atoms with Gasteiger partial charge in [-0.3, -0.25) is 0 Å². The maximum atomic E-state index is 5.49. The minimum Gasteiger partial charge on any atom is -0.411 e. The van der Waals surface area contributed by atoms with Crippen molar-refractivity contribution in [2.75, 3.05) is 5.75 Å². The zero-order valence-electron chi connectivity index (χ0n) is 8.80. The Bertz CT molecular complexity index is 511. The van der Waals surface area contributed by atoms with Crippen molar-refractivity contribution < 1.29 is 4.42 Å². The summed E-state index contributed by atoms with van der Waals surface area (Å²) in [6.07, 6.45) is 0. The second kappa shape index (κ2) is 5.38. The molecule has 0 radical (unpaired) electrons. The number of hydrogen-bond acceptors (Lipinski definition) is 4. The van der Waals surface area contributed by atoms with E-state index in [1.165, 1.54) is 11.8 Å². The van der Waals surface area contributed by atoms with Crippen molar-refractivity contribution in [1.82, 2.24) is 10.2 Å². The average molecular weight is 230 g/mol. The third-order valence-corrected chi connectivity index (χ3v) is 2.57. The van der Waals surface area contributed by atoms with E-state index in [1.54, 1.807) is 0 Å². The lowest BCUT2D eigenvalue weighted by molar-refractivity contribution is 0.466. The number of hydrogen-bond donors (Lipinski definition) is 0. The van der Waals surface area contributed by atoms with Gasteiger partial charge in [0.25, 0.3) is 5.22 Å². The van der Waals surface area contributed by atoms with Gasteiger partial charge in [-0.2, -0.15) is 0 Å². The number of benzene rings is 1. The van der Waals surface area contributed by atoms with Gasteiger partial charge in [0.1, 0.15) is 0 Å². The molecule has 2 aromatic rings. The lowest BCUT2D eigenvalue weighted by Gasteiger charge is -1.91. The van der Waals surface area contributed by atoms with Crippen LogP contribution in [0.2, 0.25) is 0 Å². The van der Waals surface area contributed by atoms with E-state index in [9.17, 15) is 0 Å². The molecule has 0 aliphatic heterocycles. The molecule has 0 amide bonds. The van der Waals surface area contributed by atoms with Crippen LogP contribution < -0.4 is 0 Å². The van der Waals surface area contributed by atoms with Gasteiger partial charge in [0.15, 0.2) is 0 Å². The molecule has 80 valence electrons. The Morgan fingerprint density at radius 2 is 2.06 bits per heavy atom. The molecule has 1 heterocycles. The summed E-state index contributed by atoms with van der Waals surface area (Å²) in [6.45, 7) is 1.81. The van der Waals surface area contributed by atoms with Gasteiger partial charge < -0.3 is 4.42 Å². The predicted molar refractivity (Wildman–Crippen MR) is 63.9 cm³/mol. The molecular weight excluding hydrogens is 220 g/mol. The van der Waals surface area contributed by atoms with Gasteiger partial charge in [0.05, 0.1) is 5.75 Å². The lowest BCUT2D eigenvalue weighted by atomic mass is 10.2. The normalized spacial score (nSPS) is 9.56. The molecule has 2 rings (SSSR count). The van der Waals surface area contributed by atoms with Crippen LogP contribution in [0.4, 0.5) is 0 Å². The molecule has 4 heteroatoms. The fraction of sp³-hybridized carbons (Fsp3) is 0.167. The first-order valence-corrected chi connectivity index (χ1v) is 5.80. The summed E-state index contributed by atoms with van der Waals surface area (Å²) in [5.74, 6) is 6.97. The summed E-state index contributed by atoms with van der Waals surface area (Å²) in [5.41, 5.74) is 0.934. The Morgan fingerprint density at radius 3 is 2.81 bits per heavy atom. The summed E-state index contributed by atoms with van der Waals surface area (Å²) in [6, 6.07) is 9.71. The van der Waals surface area contributed by atoms with Crippen LogP contribution in [0.5, 0.6) is 0 Å². The predicted octanol–water partition coefficient (Wildman–Crippen LogP) is 2.85. The fourth-order valence-electron chi connectivity index (χ4n) is 1.14. The SMILES string of the molecule is CC#CCSc1nnc(-c2ccccc2)o1. The highest BCUT2D eigenvalue weighted by Gasteiger charge is 2.07. The van der Waals surface area contributed by atoms with E-state index >= 15 is 0 Å². The molecule has 0 saturated carbocycles. The van der Waals surface area contributed by atoms with Crippen LogP contribution in [-0.2, 0) is 0 Å². The highest BCUT2D eigenvalue weighted by Crippen LogP contribution is 2.22. The quantitative estimate of drug-likeness (QED) is 0.600. The minimum absolute atomic E-state index is 0.549. The molecule has 0 saturated heterocycles. The van der Waals surface area contributed by atoms with Crippen LogP contribution >= 0.6 is 11.8 Å². The van der Waals surface area contributed by atoms with Crippen molar-refractivity contribution in [2.45, 2.75) is 12.1 Å². The molecule has 0 bridgehead atoms. The molecule has 0 fully saturated rings. The van der Waals surface area contributed by atoms with E-state index in [4.69, 9.17) is 4.42 Å². The number of rotatable bonds is 3. The van der Waals surface area contributed by atoms with Gasteiger partial charge in [-0.25, -0.2) is 0 Å². The van der Waals surface area contributed by atoms with Crippen molar-refractivity contribution in [3.05, 3.63) is 30.3 Å². The van der Waals surface area contributed by atoms with Crippen LogP contribution in [-0.4, -0.2) is 16.0 Å². The number of aromatic nitrogens is 2. The van der Waals surface area contributed by atoms with Gasteiger partial charge in [-0.15, -0.1) is 16.1 Å². The van der Waals surface area contributed by atoms with Crippen molar-refractivity contribution in [3.8, 4) is 23.3 Å². The van der Waals surface area contributed by atoms with Crippen LogP contribution in [0.15, 0.2) is 40.0 Å². The molecule has 0 atom stereocenters. The maximum Gasteiger partial charge on any atom is 0.277 e. The second-order valence-corrected chi connectivity index (χ2v) is 3.88. The number of nitrogens with zero attached hydrogens (tertiary/aromatic N) is 2. The van der Waals surface area contributed by atoms with Gasteiger partial charge in [0, 0.05) is 5.56 Å². The molecule has 1 aromatic heterocycles. The number of thioether (sulfide) groups is 1. The van der Waals surface area contributed by atoms with Crippen LogP contribution in [0, 0.1) is 11.8 Å². The molecule has 0 N–H and O–H groups in total. The lowest BCUT2D eigenvalue weighted by Crippen LogP contribution is -1.75. The minimum atomic E-state index is 0.549. The zero-order chi connectivity index (χ0) is 11.2. The molecular formula is C12H10N2OS. The summed E-state index contributed by atoms with van der Waals surface area (Å²) in [4.78, 5) is 0. The first-order chi connectivity index (χ1) is 7.90. The van der Waals surface area contributed by atoms with Gasteiger partial charge >= 0.3 is 0 Å². The van der Waals surface area contributed by atoms with Gasteiger partial charge in [-0.05, 0) is 19.1 Å². The smallest absolute Gasteiger partial charge is 0.277 e. The van der Waals surface area contributed by atoms with Crippen molar-refractivity contribution in [1.29, 1.82) is 0 Å². The third kappa shape index (κ3) is 2.65. The summed E-state index contributed by atoms with van der Waals surface area (Å²) < 4.78 is 5.49. The van der Waals surface area contributed by atoms with Crippen molar-refractivity contribution in [3.63, 3.8) is 0 Å². The van der Waals surface area contributed by atoms with Crippen LogP contribution in [0.25, 0.3) is 11.5 Å². The monoisotopic (exact) mass is 230 g/mol. The topological polar surface area (TPSA) is 38.9 Å². The first kappa shape index (κ1) is 10.8. The van der Waals surface area contributed by atoms with Gasteiger partial charge in [-0.1, -0.05) is 35.9 Å². The molecule has 16 heavy (non-hydrogen) atoms. The average Bonchev–Trinajstić information content (AvgIpc) is 2.79. The van der Waals surface area contributed by atoms with E-state index in [0.29, 0.717) is 16.9 Å². The van der Waals surface area contributed by atoms with E-state index < -0.39 is 0 Å². The maximum absolute atomic E-state index is 5.49. The summed E-state index contributed by atoms with van der Waals surface area (Å²) >= 11 is 1.45. The second-order valence-electron chi connectivity index (χ2n) is 2.95. The van der Waals surface area contributed by atoms with E-state index in [0.717, 1.165) is 5.56 Å². The van der Waals surface area contributed by atoms with Crippen LogP contribution in [0.3, 0.4) is 0 Å². The fourth-order valence-corrected chi connectivity index (χ4v) is 1.71.